The molecule has 1 saturated heterocycles. The van der Waals surface area contributed by atoms with Gasteiger partial charge >= 0.3 is 0 Å². The topological polar surface area (TPSA) is 12.5 Å². The Kier molecular flexibility index (Phi) is 5.64. The van der Waals surface area contributed by atoms with Gasteiger partial charge in [0, 0.05) is 13.1 Å². The van der Waals surface area contributed by atoms with Gasteiger partial charge < -0.3 is 9.64 Å². The van der Waals surface area contributed by atoms with Gasteiger partial charge in [0.1, 0.15) is 0 Å². The van der Waals surface area contributed by atoms with Gasteiger partial charge in [-0.05, 0) is 14.0 Å². The standard InChI is InChI=1S/C6H13NO.C2H6/c1-6-5-7(2)3-4-8-6;1-2/h6H,3-5H2,1-2H3;1-2H3/t6-;/m0./s1. The van der Waals surface area contributed by atoms with Crippen LogP contribution in [0, 0.1) is 0 Å². The van der Waals surface area contributed by atoms with Crippen LogP contribution >= 0.6 is 0 Å². The van der Waals surface area contributed by atoms with Gasteiger partial charge in [-0.25, -0.2) is 0 Å². The van der Waals surface area contributed by atoms with Crippen LogP contribution in [-0.4, -0.2) is 37.7 Å². The Morgan fingerprint density at radius 1 is 1.40 bits per heavy atom. The van der Waals surface area contributed by atoms with E-state index in [1.165, 1.54) is 0 Å². The van der Waals surface area contributed by atoms with Crippen LogP contribution in [0.4, 0.5) is 0 Å². The summed E-state index contributed by atoms with van der Waals surface area (Å²) in [6.07, 6.45) is 0.439. The molecule has 0 spiro atoms. The van der Waals surface area contributed by atoms with Gasteiger partial charge in [0.15, 0.2) is 0 Å². The van der Waals surface area contributed by atoms with E-state index in [1.807, 2.05) is 13.8 Å². The second kappa shape index (κ2) is 5.69. The van der Waals surface area contributed by atoms with Crippen molar-refractivity contribution in [2.45, 2.75) is 26.9 Å². The van der Waals surface area contributed by atoms with Gasteiger partial charge in [-0.3, -0.25) is 0 Å². The summed E-state index contributed by atoms with van der Waals surface area (Å²) in [5, 5.41) is 0. The number of rotatable bonds is 0. The van der Waals surface area contributed by atoms with Crippen molar-refractivity contribution in [1.29, 1.82) is 0 Å². The zero-order chi connectivity index (χ0) is 7.98. The Morgan fingerprint density at radius 2 is 2.00 bits per heavy atom. The first kappa shape index (κ1) is 9.92. The molecule has 0 aromatic heterocycles. The number of hydrogen-bond acceptors (Lipinski definition) is 2. The summed E-state index contributed by atoms with van der Waals surface area (Å²) in [5.74, 6) is 0. The van der Waals surface area contributed by atoms with E-state index in [4.69, 9.17) is 4.74 Å². The van der Waals surface area contributed by atoms with E-state index >= 15 is 0 Å². The van der Waals surface area contributed by atoms with E-state index < -0.39 is 0 Å². The van der Waals surface area contributed by atoms with Gasteiger partial charge in [0.25, 0.3) is 0 Å². The molecule has 0 aromatic carbocycles. The van der Waals surface area contributed by atoms with E-state index in [9.17, 15) is 0 Å². The first-order valence-corrected chi connectivity index (χ1v) is 4.09. The van der Waals surface area contributed by atoms with E-state index in [0.29, 0.717) is 6.10 Å². The number of hydrogen-bond donors (Lipinski definition) is 0. The van der Waals surface area contributed by atoms with Gasteiger partial charge in [0.2, 0.25) is 0 Å². The van der Waals surface area contributed by atoms with Crippen LogP contribution < -0.4 is 0 Å². The highest BCUT2D eigenvalue weighted by Crippen LogP contribution is 1.99. The zero-order valence-electron chi connectivity index (χ0n) is 7.55. The molecule has 1 heterocycles. The lowest BCUT2D eigenvalue weighted by molar-refractivity contribution is -0.00861. The maximum atomic E-state index is 5.31. The minimum atomic E-state index is 0.439. The summed E-state index contributed by atoms with van der Waals surface area (Å²) < 4.78 is 5.31. The molecule has 1 atom stereocenters. The zero-order valence-corrected chi connectivity index (χ0v) is 7.55. The SMILES string of the molecule is CC.C[C@H]1CN(C)CCO1. The summed E-state index contributed by atoms with van der Waals surface area (Å²) in [6, 6.07) is 0. The average molecular weight is 145 g/mol. The summed E-state index contributed by atoms with van der Waals surface area (Å²) in [6.45, 7) is 9.18. The first-order valence-electron chi connectivity index (χ1n) is 4.09. The maximum absolute atomic E-state index is 5.31. The fraction of sp³-hybridized carbons (Fsp3) is 1.00. The van der Waals surface area contributed by atoms with Crippen LogP contribution in [0.15, 0.2) is 0 Å². The maximum Gasteiger partial charge on any atom is 0.0674 e. The molecule has 0 radical (unpaired) electrons. The molecule has 62 valence electrons. The highest BCUT2D eigenvalue weighted by atomic mass is 16.5. The van der Waals surface area contributed by atoms with Crippen LogP contribution in [0.1, 0.15) is 20.8 Å². The second-order valence-corrected chi connectivity index (χ2v) is 2.44. The van der Waals surface area contributed by atoms with Gasteiger partial charge in [0.05, 0.1) is 12.7 Å². The third-order valence-corrected chi connectivity index (χ3v) is 1.44. The van der Waals surface area contributed by atoms with Gasteiger partial charge in [-0.1, -0.05) is 13.8 Å². The lowest BCUT2D eigenvalue weighted by atomic mass is 10.3. The molecule has 0 unspecified atom stereocenters. The average Bonchev–Trinajstić information content (AvgIpc) is 1.91. The summed E-state index contributed by atoms with van der Waals surface area (Å²) >= 11 is 0. The van der Waals surface area contributed by atoms with E-state index in [1.54, 1.807) is 0 Å². The van der Waals surface area contributed by atoms with E-state index in [2.05, 4.69) is 18.9 Å². The van der Waals surface area contributed by atoms with Crippen molar-refractivity contribution in [2.75, 3.05) is 26.7 Å². The summed E-state index contributed by atoms with van der Waals surface area (Å²) in [4.78, 5) is 2.29. The van der Waals surface area contributed by atoms with Crippen LogP contribution in [-0.2, 0) is 4.74 Å². The molecule has 2 nitrogen and oxygen atoms in total. The molecule has 1 aliphatic heterocycles. The number of ether oxygens (including phenoxy) is 1. The Bertz CT molecular complexity index is 67.7. The minimum absolute atomic E-state index is 0.439. The molecule has 1 rings (SSSR count). The van der Waals surface area contributed by atoms with E-state index in [-0.39, 0.29) is 0 Å². The Morgan fingerprint density at radius 3 is 2.30 bits per heavy atom. The second-order valence-electron chi connectivity index (χ2n) is 2.44. The predicted octanol–water partition coefficient (Wildman–Crippen LogP) is 1.36. The number of likely N-dealkylation sites (N-methyl/N-ethyl adjacent to an activating group) is 1. The highest BCUT2D eigenvalue weighted by molar-refractivity contribution is 4.62. The molecule has 1 fully saturated rings. The molecule has 0 aliphatic carbocycles. The fourth-order valence-electron chi connectivity index (χ4n) is 0.993. The van der Waals surface area contributed by atoms with Crippen molar-refractivity contribution >= 4 is 0 Å². The molecule has 2 heteroatoms. The third-order valence-electron chi connectivity index (χ3n) is 1.44. The predicted molar refractivity (Wildman–Crippen MR) is 44.3 cm³/mol. The summed E-state index contributed by atoms with van der Waals surface area (Å²) in [5.41, 5.74) is 0. The van der Waals surface area contributed by atoms with Crippen LogP contribution in [0.25, 0.3) is 0 Å². The third kappa shape index (κ3) is 3.85. The molecule has 10 heavy (non-hydrogen) atoms. The Labute approximate surface area is 64.2 Å². The normalized spacial score (nSPS) is 27.0. The largest absolute Gasteiger partial charge is 0.376 e. The fourth-order valence-corrected chi connectivity index (χ4v) is 0.993. The molecule has 0 aromatic rings. The smallest absolute Gasteiger partial charge is 0.0674 e. The summed E-state index contributed by atoms with van der Waals surface area (Å²) in [7, 11) is 2.12. The van der Waals surface area contributed by atoms with E-state index in [0.717, 1.165) is 19.7 Å². The quantitative estimate of drug-likeness (QED) is 0.510. The molecule has 0 amide bonds. The van der Waals surface area contributed by atoms with Gasteiger partial charge in [-0.15, -0.1) is 0 Å². The van der Waals surface area contributed by atoms with Crippen molar-refractivity contribution in [2.24, 2.45) is 0 Å². The van der Waals surface area contributed by atoms with Crippen molar-refractivity contribution in [3.05, 3.63) is 0 Å². The lowest BCUT2D eigenvalue weighted by Crippen LogP contribution is -2.38. The van der Waals surface area contributed by atoms with Crippen LogP contribution in [0.3, 0.4) is 0 Å². The molecule has 0 bridgehead atoms. The minimum Gasteiger partial charge on any atom is -0.376 e. The van der Waals surface area contributed by atoms with Crippen molar-refractivity contribution < 1.29 is 4.74 Å². The highest BCUT2D eigenvalue weighted by Gasteiger charge is 2.11. The molecule has 1 aliphatic rings. The van der Waals surface area contributed by atoms with Crippen molar-refractivity contribution in [1.82, 2.24) is 4.90 Å². The lowest BCUT2D eigenvalue weighted by Gasteiger charge is -2.27. The molecule has 0 N–H and O–H groups in total. The molecular formula is C8H19NO. The van der Waals surface area contributed by atoms with Crippen molar-refractivity contribution in [3.63, 3.8) is 0 Å². The van der Waals surface area contributed by atoms with Gasteiger partial charge in [-0.2, -0.15) is 0 Å². The Hall–Kier alpha value is -0.0800. The van der Waals surface area contributed by atoms with Crippen molar-refractivity contribution in [3.8, 4) is 0 Å². The monoisotopic (exact) mass is 145 g/mol. The van der Waals surface area contributed by atoms with Crippen LogP contribution in [0.2, 0.25) is 0 Å². The molecule has 0 saturated carbocycles. The number of nitrogens with zero attached hydrogens (tertiary/aromatic N) is 1. The number of morpholine rings is 1. The van der Waals surface area contributed by atoms with Crippen LogP contribution in [0.5, 0.6) is 0 Å². The Balaban J connectivity index is 0.000000371. The first-order chi connectivity index (χ1) is 4.79. The molecular weight excluding hydrogens is 126 g/mol.